The zero-order valence-corrected chi connectivity index (χ0v) is 13.2. The van der Waals surface area contributed by atoms with E-state index in [0.29, 0.717) is 13.0 Å². The van der Waals surface area contributed by atoms with Crippen molar-refractivity contribution in [2.75, 3.05) is 6.61 Å². The first-order valence-electron chi connectivity index (χ1n) is 7.47. The monoisotopic (exact) mass is 312 g/mol. The molecule has 1 saturated heterocycles. The van der Waals surface area contributed by atoms with E-state index in [0.717, 1.165) is 0 Å². The summed E-state index contributed by atoms with van der Waals surface area (Å²) in [6, 6.07) is 0. The number of hydrogen-bond acceptors (Lipinski definition) is 6. The van der Waals surface area contributed by atoms with Crippen LogP contribution in [0.15, 0.2) is 24.3 Å². The maximum atomic E-state index is 11.1. The van der Waals surface area contributed by atoms with Crippen LogP contribution in [0.3, 0.4) is 0 Å². The predicted molar refractivity (Wildman–Crippen MR) is 78.9 cm³/mol. The molecule has 0 aromatic heterocycles. The van der Waals surface area contributed by atoms with Crippen LogP contribution in [0.5, 0.6) is 0 Å². The number of cyclic esters (lactones) is 1. The predicted octanol–water partition coefficient (Wildman–Crippen LogP) is 1.07. The van der Waals surface area contributed by atoms with E-state index in [1.807, 2.05) is 13.8 Å². The minimum atomic E-state index is -1.44. The summed E-state index contributed by atoms with van der Waals surface area (Å²) in [7, 11) is 0. The van der Waals surface area contributed by atoms with Crippen molar-refractivity contribution in [1.82, 2.24) is 0 Å². The van der Waals surface area contributed by atoms with E-state index in [9.17, 15) is 15.0 Å². The zero-order chi connectivity index (χ0) is 16.4. The molecule has 1 fully saturated rings. The normalized spacial score (nSPS) is 32.0. The average molecular weight is 312 g/mol. The van der Waals surface area contributed by atoms with Crippen molar-refractivity contribution in [1.29, 1.82) is 0 Å². The average Bonchev–Trinajstić information content (AvgIpc) is 2.76. The molecule has 2 heterocycles. The number of carbonyl (C=O) groups is 1. The molecule has 0 spiro atoms. The van der Waals surface area contributed by atoms with Gasteiger partial charge >= 0.3 is 5.97 Å². The lowest BCUT2D eigenvalue weighted by atomic mass is 9.93. The Balaban J connectivity index is 1.88. The quantitative estimate of drug-likeness (QED) is 0.583. The Kier molecular flexibility index (Phi) is 5.07. The summed E-state index contributed by atoms with van der Waals surface area (Å²) in [6.07, 6.45) is 5.28. The third kappa shape index (κ3) is 4.64. The summed E-state index contributed by atoms with van der Waals surface area (Å²) in [6.45, 7) is 5.51. The largest absolute Gasteiger partial charge is 0.455 e. The standard InChI is InChI=1S/C16H24O6/c1-15(2)20-10-12(22-15)9-13(17)16(3,19)8-7-11-5-4-6-14(18)21-11/h4,6-8,11-13,17,19H,5,9-10H2,1-3H3/b8-7+/t11-,12-,13-,16-/m1/s1. The van der Waals surface area contributed by atoms with Gasteiger partial charge in [-0.2, -0.15) is 0 Å². The van der Waals surface area contributed by atoms with Gasteiger partial charge in [-0.05, 0) is 26.8 Å². The van der Waals surface area contributed by atoms with Crippen molar-refractivity contribution in [2.24, 2.45) is 0 Å². The number of ether oxygens (including phenoxy) is 3. The van der Waals surface area contributed by atoms with Crippen LogP contribution in [0.4, 0.5) is 0 Å². The topological polar surface area (TPSA) is 85.2 Å². The summed E-state index contributed by atoms with van der Waals surface area (Å²) in [5.41, 5.74) is -1.44. The molecule has 0 radical (unpaired) electrons. The van der Waals surface area contributed by atoms with E-state index < -0.39 is 29.6 Å². The lowest BCUT2D eigenvalue weighted by Crippen LogP contribution is -2.40. The minimum absolute atomic E-state index is 0.255. The highest BCUT2D eigenvalue weighted by molar-refractivity contribution is 5.82. The molecule has 0 saturated carbocycles. The van der Waals surface area contributed by atoms with Gasteiger partial charge in [0.25, 0.3) is 0 Å². The van der Waals surface area contributed by atoms with Gasteiger partial charge in [-0.3, -0.25) is 0 Å². The Morgan fingerprint density at radius 3 is 2.86 bits per heavy atom. The van der Waals surface area contributed by atoms with Gasteiger partial charge in [0.2, 0.25) is 0 Å². The fraction of sp³-hybridized carbons (Fsp3) is 0.688. The lowest BCUT2D eigenvalue weighted by Gasteiger charge is -2.28. The highest BCUT2D eigenvalue weighted by Crippen LogP contribution is 2.27. The van der Waals surface area contributed by atoms with Crippen LogP contribution in [0.1, 0.15) is 33.6 Å². The fourth-order valence-corrected chi connectivity index (χ4v) is 2.43. The molecule has 0 unspecified atom stereocenters. The molecule has 2 aliphatic heterocycles. The van der Waals surface area contributed by atoms with Crippen LogP contribution in [0.2, 0.25) is 0 Å². The van der Waals surface area contributed by atoms with E-state index in [2.05, 4.69) is 0 Å². The van der Waals surface area contributed by atoms with Crippen molar-refractivity contribution in [3.63, 3.8) is 0 Å². The number of carbonyl (C=O) groups excluding carboxylic acids is 1. The maximum absolute atomic E-state index is 11.1. The Labute approximate surface area is 130 Å². The molecule has 2 rings (SSSR count). The van der Waals surface area contributed by atoms with Crippen LogP contribution >= 0.6 is 0 Å². The molecule has 0 amide bonds. The number of esters is 1. The molecule has 124 valence electrons. The van der Waals surface area contributed by atoms with Gasteiger partial charge in [0.05, 0.1) is 18.8 Å². The Hall–Kier alpha value is -1.21. The van der Waals surface area contributed by atoms with Gasteiger partial charge in [0, 0.05) is 18.9 Å². The molecule has 0 aromatic rings. The van der Waals surface area contributed by atoms with E-state index in [1.54, 1.807) is 12.2 Å². The van der Waals surface area contributed by atoms with Gasteiger partial charge in [0.15, 0.2) is 5.79 Å². The Morgan fingerprint density at radius 1 is 1.55 bits per heavy atom. The lowest BCUT2D eigenvalue weighted by molar-refractivity contribution is -0.145. The summed E-state index contributed by atoms with van der Waals surface area (Å²) in [5, 5.41) is 20.6. The van der Waals surface area contributed by atoms with Gasteiger partial charge in [0.1, 0.15) is 11.7 Å². The van der Waals surface area contributed by atoms with Crippen molar-refractivity contribution >= 4 is 5.97 Å². The van der Waals surface area contributed by atoms with Crippen molar-refractivity contribution in [3.05, 3.63) is 24.3 Å². The first-order valence-corrected chi connectivity index (χ1v) is 7.47. The van der Waals surface area contributed by atoms with E-state index >= 15 is 0 Å². The van der Waals surface area contributed by atoms with Crippen LogP contribution in [-0.4, -0.2) is 52.5 Å². The van der Waals surface area contributed by atoms with Crippen LogP contribution in [0, 0.1) is 0 Å². The Bertz CT molecular complexity index is 465. The van der Waals surface area contributed by atoms with E-state index in [4.69, 9.17) is 14.2 Å². The van der Waals surface area contributed by atoms with Crippen molar-refractivity contribution in [2.45, 2.75) is 63.3 Å². The SMILES string of the molecule is CC1(C)OC[C@@H](C[C@@H](O)[C@](C)(O)/C=C/[C@H]2CC=CC(=O)O2)O1. The Morgan fingerprint density at radius 2 is 2.27 bits per heavy atom. The number of rotatable bonds is 5. The zero-order valence-electron chi connectivity index (χ0n) is 13.2. The van der Waals surface area contributed by atoms with Gasteiger partial charge < -0.3 is 24.4 Å². The van der Waals surface area contributed by atoms with E-state index in [-0.39, 0.29) is 12.5 Å². The highest BCUT2D eigenvalue weighted by Gasteiger charge is 2.37. The summed E-state index contributed by atoms with van der Waals surface area (Å²) in [4.78, 5) is 11.1. The molecule has 2 aliphatic rings. The third-order valence-corrected chi connectivity index (χ3v) is 3.77. The van der Waals surface area contributed by atoms with Crippen LogP contribution < -0.4 is 0 Å². The smallest absolute Gasteiger partial charge is 0.331 e. The molecule has 2 N–H and O–H groups in total. The highest BCUT2D eigenvalue weighted by atomic mass is 16.7. The third-order valence-electron chi connectivity index (χ3n) is 3.77. The minimum Gasteiger partial charge on any atom is -0.455 e. The summed E-state index contributed by atoms with van der Waals surface area (Å²) < 4.78 is 16.1. The molecular formula is C16H24O6. The molecule has 22 heavy (non-hydrogen) atoms. The van der Waals surface area contributed by atoms with Gasteiger partial charge in [-0.25, -0.2) is 4.79 Å². The molecular weight excluding hydrogens is 288 g/mol. The molecule has 6 nitrogen and oxygen atoms in total. The summed E-state index contributed by atoms with van der Waals surface area (Å²) in [5.74, 6) is -1.06. The number of hydrogen-bond donors (Lipinski definition) is 2. The maximum Gasteiger partial charge on any atom is 0.331 e. The number of aliphatic hydroxyl groups excluding tert-OH is 1. The second-order valence-corrected chi connectivity index (χ2v) is 6.40. The van der Waals surface area contributed by atoms with Crippen molar-refractivity contribution in [3.8, 4) is 0 Å². The van der Waals surface area contributed by atoms with Crippen LogP contribution in [0.25, 0.3) is 0 Å². The van der Waals surface area contributed by atoms with Gasteiger partial charge in [-0.15, -0.1) is 0 Å². The van der Waals surface area contributed by atoms with Crippen molar-refractivity contribution < 1.29 is 29.2 Å². The first kappa shape index (κ1) is 17.1. The first-order chi connectivity index (χ1) is 10.2. The molecule has 0 bridgehead atoms. The molecule has 6 heteroatoms. The molecule has 0 aromatic carbocycles. The van der Waals surface area contributed by atoms with E-state index in [1.165, 1.54) is 19.1 Å². The van der Waals surface area contributed by atoms with Crippen LogP contribution in [-0.2, 0) is 19.0 Å². The summed E-state index contributed by atoms with van der Waals surface area (Å²) >= 11 is 0. The second kappa shape index (κ2) is 6.50. The fourth-order valence-electron chi connectivity index (χ4n) is 2.43. The second-order valence-electron chi connectivity index (χ2n) is 6.40. The molecule has 4 atom stereocenters. The molecule has 0 aliphatic carbocycles. The number of aliphatic hydroxyl groups is 2. The van der Waals surface area contributed by atoms with Gasteiger partial charge in [-0.1, -0.05) is 12.2 Å².